The van der Waals surface area contributed by atoms with E-state index in [1.165, 1.54) is 0 Å². The van der Waals surface area contributed by atoms with Gasteiger partial charge in [0.15, 0.2) is 0 Å². The largest absolute Gasteiger partial charge is 0.508 e. The summed E-state index contributed by atoms with van der Waals surface area (Å²) in [4.78, 5) is 20.3. The predicted octanol–water partition coefficient (Wildman–Crippen LogP) is 1.26. The fourth-order valence-electron chi connectivity index (χ4n) is 1.04. The lowest BCUT2D eigenvalue weighted by Gasteiger charge is -2.09. The van der Waals surface area contributed by atoms with Gasteiger partial charge in [-0.1, -0.05) is 0 Å². The average molecular weight is 202 g/mol. The Kier molecular flexibility index (Phi) is 4.82. The molecule has 0 aliphatic carbocycles. The van der Waals surface area contributed by atoms with Crippen molar-refractivity contribution >= 4 is 12.1 Å². The molecule has 14 heavy (non-hydrogen) atoms. The molecule has 2 heterocycles. The number of esters is 1. The summed E-state index contributed by atoms with van der Waals surface area (Å²) >= 11 is 0. The molecule has 0 aromatic rings. The summed E-state index contributed by atoms with van der Waals surface area (Å²) in [6, 6.07) is 0. The summed E-state index contributed by atoms with van der Waals surface area (Å²) in [5.74, 6) is -0.0359. The highest BCUT2D eigenvalue weighted by Crippen LogP contribution is 2.04. The topological polar surface area (TPSA) is 61.8 Å². The number of carbonyl (C=O) groups excluding carboxylic acids is 2. The van der Waals surface area contributed by atoms with Crippen LogP contribution in [-0.2, 0) is 19.0 Å². The first-order chi connectivity index (χ1) is 6.79. The molecule has 2 fully saturated rings. The van der Waals surface area contributed by atoms with Gasteiger partial charge in [0.05, 0.1) is 19.8 Å². The SMILES string of the molecule is O=C1CCCCO1.O=C1OCCCO1. The maximum atomic E-state index is 10.2. The van der Waals surface area contributed by atoms with E-state index in [2.05, 4.69) is 14.2 Å². The number of hydrogen-bond donors (Lipinski definition) is 0. The maximum Gasteiger partial charge on any atom is 0.508 e. The lowest BCUT2D eigenvalue weighted by molar-refractivity contribution is -0.146. The summed E-state index contributed by atoms with van der Waals surface area (Å²) in [6.07, 6.45) is 2.97. The molecule has 0 bridgehead atoms. The van der Waals surface area contributed by atoms with Gasteiger partial charge in [-0.25, -0.2) is 4.79 Å². The van der Waals surface area contributed by atoms with E-state index in [4.69, 9.17) is 0 Å². The molecular formula is C9H14O5. The first-order valence-corrected chi connectivity index (χ1v) is 4.74. The molecule has 0 aromatic carbocycles. The van der Waals surface area contributed by atoms with E-state index in [0.29, 0.717) is 26.2 Å². The highest BCUT2D eigenvalue weighted by atomic mass is 16.7. The Morgan fingerprint density at radius 3 is 1.71 bits per heavy atom. The quantitative estimate of drug-likeness (QED) is 0.553. The van der Waals surface area contributed by atoms with Crippen molar-refractivity contribution in [2.75, 3.05) is 19.8 Å². The van der Waals surface area contributed by atoms with Crippen LogP contribution < -0.4 is 0 Å². The molecule has 2 rings (SSSR count). The minimum atomic E-state index is -0.536. The van der Waals surface area contributed by atoms with Gasteiger partial charge in [-0.3, -0.25) is 4.79 Å². The molecule has 80 valence electrons. The van der Waals surface area contributed by atoms with E-state index >= 15 is 0 Å². The van der Waals surface area contributed by atoms with E-state index in [-0.39, 0.29) is 5.97 Å². The van der Waals surface area contributed by atoms with Crippen LogP contribution in [0.5, 0.6) is 0 Å². The number of hydrogen-bond acceptors (Lipinski definition) is 5. The molecule has 0 N–H and O–H groups in total. The monoisotopic (exact) mass is 202 g/mol. The Hall–Kier alpha value is -1.26. The van der Waals surface area contributed by atoms with Crippen LogP contribution in [0.1, 0.15) is 25.7 Å². The second-order valence-electron chi connectivity index (χ2n) is 2.98. The fraction of sp³-hybridized carbons (Fsp3) is 0.778. The highest BCUT2D eigenvalue weighted by Gasteiger charge is 2.07. The zero-order valence-electron chi connectivity index (χ0n) is 7.99. The first kappa shape index (κ1) is 10.8. The van der Waals surface area contributed by atoms with Crippen LogP contribution in [0.2, 0.25) is 0 Å². The predicted molar refractivity (Wildman–Crippen MR) is 46.7 cm³/mol. The zero-order chi connectivity index (χ0) is 10.2. The summed E-state index contributed by atoms with van der Waals surface area (Å²) < 4.78 is 13.5. The Bertz CT molecular complexity index is 163. The standard InChI is InChI=1S/C5H8O2.C4H6O3/c6-5-3-1-2-4-7-5;5-4-6-2-1-3-7-4/h1-4H2;1-3H2. The van der Waals surface area contributed by atoms with E-state index in [9.17, 15) is 9.59 Å². The average Bonchev–Trinajstić information content (AvgIpc) is 2.21. The van der Waals surface area contributed by atoms with Crippen molar-refractivity contribution in [3.8, 4) is 0 Å². The van der Waals surface area contributed by atoms with Crippen molar-refractivity contribution in [1.82, 2.24) is 0 Å². The van der Waals surface area contributed by atoms with Gasteiger partial charge in [-0.15, -0.1) is 0 Å². The Morgan fingerprint density at radius 2 is 1.43 bits per heavy atom. The fourth-order valence-corrected chi connectivity index (χ4v) is 1.04. The smallest absolute Gasteiger partial charge is 0.466 e. The lowest BCUT2D eigenvalue weighted by Crippen LogP contribution is -2.16. The Morgan fingerprint density at radius 1 is 0.786 bits per heavy atom. The van der Waals surface area contributed by atoms with E-state index in [0.717, 1.165) is 19.3 Å². The van der Waals surface area contributed by atoms with Gasteiger partial charge in [0.25, 0.3) is 0 Å². The van der Waals surface area contributed by atoms with Crippen molar-refractivity contribution in [2.24, 2.45) is 0 Å². The second-order valence-corrected chi connectivity index (χ2v) is 2.98. The molecule has 0 unspecified atom stereocenters. The van der Waals surface area contributed by atoms with Gasteiger partial charge in [-0.05, 0) is 12.8 Å². The molecule has 5 heteroatoms. The number of rotatable bonds is 0. The van der Waals surface area contributed by atoms with Gasteiger partial charge in [0.1, 0.15) is 0 Å². The number of cyclic esters (lactones) is 3. The number of ether oxygens (including phenoxy) is 3. The van der Waals surface area contributed by atoms with Crippen LogP contribution in [0, 0.1) is 0 Å². The molecular weight excluding hydrogens is 188 g/mol. The molecule has 2 aliphatic heterocycles. The minimum absolute atomic E-state index is 0.0359. The van der Waals surface area contributed by atoms with Crippen molar-refractivity contribution in [2.45, 2.75) is 25.7 Å². The molecule has 0 aromatic heterocycles. The lowest BCUT2D eigenvalue weighted by atomic mass is 10.2. The summed E-state index contributed by atoms with van der Waals surface area (Å²) in [6.45, 7) is 1.66. The Labute approximate surface area is 82.3 Å². The third-order valence-corrected chi connectivity index (χ3v) is 1.77. The molecule has 0 amide bonds. The minimum Gasteiger partial charge on any atom is -0.466 e. The van der Waals surface area contributed by atoms with Crippen LogP contribution >= 0.6 is 0 Å². The summed E-state index contributed by atoms with van der Waals surface area (Å²) in [7, 11) is 0. The molecule has 0 radical (unpaired) electrons. The van der Waals surface area contributed by atoms with E-state index in [1.54, 1.807) is 0 Å². The second kappa shape index (κ2) is 6.23. The van der Waals surface area contributed by atoms with Gasteiger partial charge >= 0.3 is 12.1 Å². The molecule has 0 saturated carbocycles. The van der Waals surface area contributed by atoms with E-state index in [1.807, 2.05) is 0 Å². The molecule has 0 spiro atoms. The van der Waals surface area contributed by atoms with Crippen LogP contribution in [0.25, 0.3) is 0 Å². The van der Waals surface area contributed by atoms with E-state index < -0.39 is 6.16 Å². The van der Waals surface area contributed by atoms with Gasteiger partial charge in [0.2, 0.25) is 0 Å². The third kappa shape index (κ3) is 4.69. The number of carbonyl (C=O) groups is 2. The van der Waals surface area contributed by atoms with Gasteiger partial charge in [0, 0.05) is 12.8 Å². The van der Waals surface area contributed by atoms with Crippen molar-refractivity contribution < 1.29 is 23.8 Å². The normalized spacial score (nSPS) is 20.9. The summed E-state index contributed by atoms with van der Waals surface area (Å²) in [5.41, 5.74) is 0. The molecule has 2 aliphatic rings. The first-order valence-electron chi connectivity index (χ1n) is 4.74. The highest BCUT2D eigenvalue weighted by molar-refractivity contribution is 5.69. The maximum absolute atomic E-state index is 10.2. The summed E-state index contributed by atoms with van der Waals surface area (Å²) in [5, 5.41) is 0. The van der Waals surface area contributed by atoms with Gasteiger partial charge < -0.3 is 14.2 Å². The van der Waals surface area contributed by atoms with Crippen LogP contribution in [0.4, 0.5) is 4.79 Å². The molecule has 0 atom stereocenters. The van der Waals surface area contributed by atoms with Crippen molar-refractivity contribution in [1.29, 1.82) is 0 Å². The van der Waals surface area contributed by atoms with Crippen LogP contribution in [-0.4, -0.2) is 31.9 Å². The van der Waals surface area contributed by atoms with Gasteiger partial charge in [-0.2, -0.15) is 0 Å². The Balaban J connectivity index is 0.000000140. The third-order valence-electron chi connectivity index (χ3n) is 1.77. The van der Waals surface area contributed by atoms with Crippen LogP contribution in [0.3, 0.4) is 0 Å². The molecule has 2 saturated heterocycles. The zero-order valence-corrected chi connectivity index (χ0v) is 7.99. The van der Waals surface area contributed by atoms with Crippen molar-refractivity contribution in [3.63, 3.8) is 0 Å². The van der Waals surface area contributed by atoms with Crippen molar-refractivity contribution in [3.05, 3.63) is 0 Å². The molecule has 5 nitrogen and oxygen atoms in total. The van der Waals surface area contributed by atoms with Crippen LogP contribution in [0.15, 0.2) is 0 Å².